The smallest absolute Gasteiger partial charge is 0.406 e. The molecule has 0 atom stereocenters. The number of ether oxygens (including phenoxy) is 1. The molecule has 1 aliphatic rings. The number of aromatic nitrogens is 3. The quantitative estimate of drug-likeness (QED) is 0.172. The van der Waals surface area contributed by atoms with E-state index < -0.39 is 12.4 Å². The lowest BCUT2D eigenvalue weighted by molar-refractivity contribution is -0.274. The molecule has 0 radical (unpaired) electrons. The van der Waals surface area contributed by atoms with Gasteiger partial charge in [0.25, 0.3) is 0 Å². The number of unbranched alkanes of at least 4 members (excludes halogenated alkanes) is 1. The van der Waals surface area contributed by atoms with E-state index in [4.69, 9.17) is 0 Å². The minimum Gasteiger partial charge on any atom is -0.406 e. The van der Waals surface area contributed by atoms with Crippen molar-refractivity contribution in [2.75, 3.05) is 17.2 Å². The van der Waals surface area contributed by atoms with E-state index in [0.29, 0.717) is 23.2 Å². The molecule has 0 spiro atoms. The van der Waals surface area contributed by atoms with Crippen molar-refractivity contribution in [1.82, 2.24) is 20.1 Å². The molecule has 2 heterocycles. The summed E-state index contributed by atoms with van der Waals surface area (Å²) in [5.74, 6) is 0.342. The number of halogens is 3. The van der Waals surface area contributed by atoms with Crippen molar-refractivity contribution in [2.45, 2.75) is 52.3 Å². The van der Waals surface area contributed by atoms with Gasteiger partial charge in [-0.25, -0.2) is 14.5 Å². The number of carbonyl (C=O) groups excluding carboxylic acids is 2. The van der Waals surface area contributed by atoms with Gasteiger partial charge < -0.3 is 10.1 Å². The van der Waals surface area contributed by atoms with Crippen LogP contribution in [-0.4, -0.2) is 50.5 Å². The number of anilines is 1. The van der Waals surface area contributed by atoms with Gasteiger partial charge in [0.2, 0.25) is 5.91 Å². The molecule has 4 aromatic rings. The SMILES string of the molecule is CCCc1ccc(C)cc1N1C(=O)CS/C1=N\C(=O)NCCCCc1ccc(-c2ncn(-c3ccc(OC(F)(F)F)cc3)n2)cc1. The number of aryl methyl sites for hydroxylation is 3. The van der Waals surface area contributed by atoms with Crippen LogP contribution in [0.25, 0.3) is 17.1 Å². The van der Waals surface area contributed by atoms with Gasteiger partial charge in [-0.3, -0.25) is 9.69 Å². The minimum atomic E-state index is -4.75. The molecule has 5 rings (SSSR count). The highest BCUT2D eigenvalue weighted by molar-refractivity contribution is 8.15. The fraction of sp³-hybridized carbons (Fsp3) is 0.303. The second-order valence-corrected chi connectivity index (χ2v) is 11.7. The Morgan fingerprint density at radius 1 is 1.04 bits per heavy atom. The standard InChI is InChI=1S/C33H33F3N6O3S/c1-3-6-24-11-8-22(2)19-28(24)42-29(43)20-46-32(42)39-31(44)37-18-5-4-7-23-9-12-25(13-10-23)30-38-21-41(40-30)26-14-16-27(17-15-26)45-33(34,35)36/h8-17,19,21H,3-7,18,20H2,1-2H3,(H,37,44)/b39-32-. The molecule has 0 bridgehead atoms. The Morgan fingerprint density at radius 2 is 1.80 bits per heavy atom. The van der Waals surface area contributed by atoms with Crippen molar-refractivity contribution >= 4 is 34.6 Å². The van der Waals surface area contributed by atoms with Crippen molar-refractivity contribution in [3.63, 3.8) is 0 Å². The molecule has 3 amide bonds. The van der Waals surface area contributed by atoms with Crippen LogP contribution < -0.4 is 15.0 Å². The predicted molar refractivity (Wildman–Crippen MR) is 172 cm³/mol. The third-order valence-corrected chi connectivity index (χ3v) is 8.09. The monoisotopic (exact) mass is 650 g/mol. The summed E-state index contributed by atoms with van der Waals surface area (Å²) in [5, 5.41) is 7.68. The van der Waals surface area contributed by atoms with Gasteiger partial charge in [-0.1, -0.05) is 61.5 Å². The summed E-state index contributed by atoms with van der Waals surface area (Å²) < 4.78 is 42.6. The summed E-state index contributed by atoms with van der Waals surface area (Å²) in [6.45, 7) is 4.53. The van der Waals surface area contributed by atoms with E-state index in [1.54, 1.807) is 4.90 Å². The normalized spacial score (nSPS) is 14.2. The van der Waals surface area contributed by atoms with Crippen molar-refractivity contribution in [3.8, 4) is 22.8 Å². The average Bonchev–Trinajstić information content (AvgIpc) is 3.65. The second kappa shape index (κ2) is 14.6. The number of nitrogens with zero attached hydrogens (tertiary/aromatic N) is 5. The van der Waals surface area contributed by atoms with E-state index in [1.807, 2.05) is 49.4 Å². The number of urea groups is 1. The second-order valence-electron chi connectivity index (χ2n) is 10.7. The molecule has 1 N–H and O–H groups in total. The lowest BCUT2D eigenvalue weighted by Crippen LogP contribution is -2.32. The predicted octanol–water partition coefficient (Wildman–Crippen LogP) is 7.26. The highest BCUT2D eigenvalue weighted by Gasteiger charge is 2.32. The highest BCUT2D eigenvalue weighted by atomic mass is 32.2. The van der Waals surface area contributed by atoms with Crippen LogP contribution in [0.2, 0.25) is 0 Å². The Kier molecular flexibility index (Phi) is 10.4. The van der Waals surface area contributed by atoms with Gasteiger partial charge in [0.05, 0.1) is 17.1 Å². The zero-order valence-corrected chi connectivity index (χ0v) is 26.2. The molecule has 1 aromatic heterocycles. The third-order valence-electron chi connectivity index (χ3n) is 7.17. The van der Waals surface area contributed by atoms with Crippen LogP contribution in [0, 0.1) is 6.92 Å². The largest absolute Gasteiger partial charge is 0.573 e. The molecule has 9 nitrogen and oxygen atoms in total. The van der Waals surface area contributed by atoms with E-state index in [1.165, 1.54) is 47.0 Å². The summed E-state index contributed by atoms with van der Waals surface area (Å²) in [7, 11) is 0. The molecule has 240 valence electrons. The van der Waals surface area contributed by atoms with Gasteiger partial charge in [0.15, 0.2) is 11.0 Å². The molecule has 1 aliphatic heterocycles. The first kappa shape index (κ1) is 32.7. The van der Waals surface area contributed by atoms with E-state index in [0.717, 1.165) is 60.0 Å². The number of alkyl halides is 3. The molecule has 1 fully saturated rings. The van der Waals surface area contributed by atoms with Crippen molar-refractivity contribution < 1.29 is 27.5 Å². The Bertz CT molecular complexity index is 1710. The summed E-state index contributed by atoms with van der Waals surface area (Å²) in [6, 6.07) is 18.8. The third kappa shape index (κ3) is 8.53. The first-order valence-corrected chi connectivity index (χ1v) is 15.9. The summed E-state index contributed by atoms with van der Waals surface area (Å²) in [6.07, 6.45) is 0.934. The highest BCUT2D eigenvalue weighted by Crippen LogP contribution is 2.31. The first-order valence-electron chi connectivity index (χ1n) is 14.9. The number of nitrogens with one attached hydrogen (secondary N) is 1. The molecular formula is C33H33F3N6O3S. The number of amides is 3. The maximum Gasteiger partial charge on any atom is 0.573 e. The molecule has 13 heteroatoms. The van der Waals surface area contributed by atoms with Crippen LogP contribution in [0.15, 0.2) is 78.0 Å². The zero-order valence-electron chi connectivity index (χ0n) is 25.4. The van der Waals surface area contributed by atoms with E-state index in [-0.39, 0.29) is 17.4 Å². The molecule has 46 heavy (non-hydrogen) atoms. The fourth-order valence-corrected chi connectivity index (χ4v) is 5.82. The van der Waals surface area contributed by atoms with Crippen molar-refractivity contribution in [1.29, 1.82) is 0 Å². The average molecular weight is 651 g/mol. The van der Waals surface area contributed by atoms with Crippen LogP contribution in [0.1, 0.15) is 42.9 Å². The van der Waals surface area contributed by atoms with Crippen LogP contribution >= 0.6 is 11.8 Å². The number of rotatable bonds is 11. The Morgan fingerprint density at radius 3 is 2.52 bits per heavy atom. The maximum atomic E-state index is 12.7. The lowest BCUT2D eigenvalue weighted by Gasteiger charge is -2.20. The number of hydrogen-bond acceptors (Lipinski definition) is 6. The molecule has 3 aromatic carbocycles. The van der Waals surface area contributed by atoms with Crippen molar-refractivity contribution in [2.24, 2.45) is 4.99 Å². The Labute approximate surface area is 268 Å². The topological polar surface area (TPSA) is 102 Å². The van der Waals surface area contributed by atoms with Crippen LogP contribution in [0.3, 0.4) is 0 Å². The lowest BCUT2D eigenvalue weighted by atomic mass is 10.0. The number of aliphatic imine (C=N–C) groups is 1. The van der Waals surface area contributed by atoms with Crippen LogP contribution in [-0.2, 0) is 17.6 Å². The van der Waals surface area contributed by atoms with Gasteiger partial charge in [-0.15, -0.1) is 18.3 Å². The van der Waals surface area contributed by atoms with Gasteiger partial charge in [0.1, 0.15) is 12.1 Å². The zero-order chi connectivity index (χ0) is 32.7. The summed E-state index contributed by atoms with van der Waals surface area (Å²) in [5.41, 5.74) is 5.36. The summed E-state index contributed by atoms with van der Waals surface area (Å²) in [4.78, 5) is 35.5. The Balaban J connectivity index is 1.09. The van der Waals surface area contributed by atoms with Gasteiger partial charge in [-0.05, 0) is 79.6 Å². The molecule has 1 saturated heterocycles. The van der Waals surface area contributed by atoms with E-state index in [9.17, 15) is 22.8 Å². The molecular weight excluding hydrogens is 617 g/mol. The van der Waals surface area contributed by atoms with E-state index in [2.05, 4.69) is 32.1 Å². The Hall–Kier alpha value is -4.65. The van der Waals surface area contributed by atoms with Gasteiger partial charge in [0, 0.05) is 12.1 Å². The number of benzene rings is 3. The van der Waals surface area contributed by atoms with Crippen LogP contribution in [0.5, 0.6) is 5.75 Å². The molecule has 0 saturated carbocycles. The van der Waals surface area contributed by atoms with Gasteiger partial charge in [-0.2, -0.15) is 4.99 Å². The number of hydrogen-bond donors (Lipinski definition) is 1. The molecule has 0 unspecified atom stereocenters. The van der Waals surface area contributed by atoms with Crippen molar-refractivity contribution in [3.05, 3.63) is 89.7 Å². The number of thioether (sulfide) groups is 1. The van der Waals surface area contributed by atoms with Gasteiger partial charge >= 0.3 is 12.4 Å². The van der Waals surface area contributed by atoms with E-state index >= 15 is 0 Å². The fourth-order valence-electron chi connectivity index (χ4n) is 4.96. The summed E-state index contributed by atoms with van der Waals surface area (Å²) >= 11 is 1.27. The molecule has 0 aliphatic carbocycles. The van der Waals surface area contributed by atoms with Crippen LogP contribution in [0.4, 0.5) is 23.7 Å². The number of amidine groups is 1. The maximum absolute atomic E-state index is 12.7. The number of carbonyl (C=O) groups is 2. The minimum absolute atomic E-state index is 0.0807. The first-order chi connectivity index (χ1) is 22.1.